The van der Waals surface area contributed by atoms with Crippen LogP contribution in [0, 0.1) is 0 Å². The number of carbonyl (C=O) groups is 3. The van der Waals surface area contributed by atoms with Gasteiger partial charge in [-0.3, -0.25) is 14.5 Å². The number of nitrogens with one attached hydrogen (secondary N) is 3. The van der Waals surface area contributed by atoms with Crippen molar-refractivity contribution in [3.63, 3.8) is 0 Å². The monoisotopic (exact) mass is 794 g/mol. The topological polar surface area (TPSA) is 188 Å². The summed E-state index contributed by atoms with van der Waals surface area (Å²) in [6.45, 7) is 8.65. The predicted octanol–water partition coefficient (Wildman–Crippen LogP) is -5.00. The SMILES string of the molecule is C=CCNCC(=O)N1[C@@H](NC(=O)NCc2ccccc2)CN(Cc2cccc(OCCN3CCOCC3)c2)C(=O)[C@@H]1Cc1ccc(OP(=O)([O-])[O-])cc1.[Na+].[Na+]. The number of hydrogen-bond donors (Lipinski definition) is 3. The molecule has 2 atom stereocenters. The van der Waals surface area contributed by atoms with Gasteiger partial charge in [0, 0.05) is 45.7 Å². The summed E-state index contributed by atoms with van der Waals surface area (Å²) in [7, 11) is -5.28. The average Bonchev–Trinajstić information content (AvgIpc) is 3.14. The van der Waals surface area contributed by atoms with Crippen LogP contribution < -0.4 is 94.1 Å². The van der Waals surface area contributed by atoms with Crippen LogP contribution in [0.15, 0.2) is 91.5 Å². The van der Waals surface area contributed by atoms with E-state index in [-0.39, 0.29) is 103 Å². The van der Waals surface area contributed by atoms with Crippen molar-refractivity contribution in [2.45, 2.75) is 31.7 Å². The molecule has 0 saturated carbocycles. The van der Waals surface area contributed by atoms with Crippen molar-refractivity contribution in [1.82, 2.24) is 30.7 Å². The molecule has 2 aliphatic rings. The molecule has 4 amide bonds. The third kappa shape index (κ3) is 15.3. The maximum Gasteiger partial charge on any atom is 1.00 e. The fraction of sp³-hybridized carbons (Fsp3) is 0.378. The van der Waals surface area contributed by atoms with E-state index < -0.39 is 32.0 Å². The number of ether oxygens (including phenoxy) is 2. The van der Waals surface area contributed by atoms with Gasteiger partial charge in [0.1, 0.15) is 38.1 Å². The second kappa shape index (κ2) is 23.5. The molecule has 284 valence electrons. The van der Waals surface area contributed by atoms with Gasteiger partial charge in [-0.2, -0.15) is 0 Å². The van der Waals surface area contributed by atoms with E-state index in [4.69, 9.17) is 9.47 Å². The standard InChI is InChI=1S/C37H47N6O9P.2Na/c1-2-15-38-25-35(44)43-33(23-28-11-13-31(14-12-28)52-53(47,48)49)36(45)42(27-34(43)40-37(46)39-24-29-7-4-3-5-8-29)26-30-9-6-10-32(22-30)51-21-18-41-16-19-50-20-17-41;;/h2-14,22,33-34,38H,1,15-21,23-27H2,(H2,39,40,46)(H2,47,48,49);;/q;2*+1/p-2/t33-,34+;;/m0../s1. The van der Waals surface area contributed by atoms with E-state index in [0.717, 1.165) is 30.8 Å². The van der Waals surface area contributed by atoms with Crippen LogP contribution in [0.3, 0.4) is 0 Å². The number of morpholine rings is 1. The molecule has 18 heteroatoms. The van der Waals surface area contributed by atoms with Gasteiger partial charge >= 0.3 is 65.1 Å². The number of phosphoric ester groups is 1. The molecule has 0 aromatic heterocycles. The van der Waals surface area contributed by atoms with Gasteiger partial charge in [0.15, 0.2) is 0 Å². The molecule has 3 aromatic rings. The molecule has 15 nitrogen and oxygen atoms in total. The molecule has 0 radical (unpaired) electrons. The van der Waals surface area contributed by atoms with Crippen LogP contribution in [0.4, 0.5) is 4.79 Å². The maximum absolute atomic E-state index is 14.4. The Hall–Kier alpha value is -2.76. The van der Waals surface area contributed by atoms with Gasteiger partial charge < -0.3 is 54.1 Å². The zero-order valence-electron chi connectivity index (χ0n) is 31.4. The minimum Gasteiger partial charge on any atom is -0.780 e. The Bertz CT molecular complexity index is 1730. The van der Waals surface area contributed by atoms with E-state index in [2.05, 4.69) is 32.0 Å². The van der Waals surface area contributed by atoms with Crippen molar-refractivity contribution >= 4 is 25.7 Å². The van der Waals surface area contributed by atoms with Crippen molar-refractivity contribution in [2.75, 3.05) is 59.1 Å². The fourth-order valence-electron chi connectivity index (χ4n) is 6.19. The molecule has 0 unspecified atom stereocenters. The van der Waals surface area contributed by atoms with Gasteiger partial charge in [-0.15, -0.1) is 6.58 Å². The van der Waals surface area contributed by atoms with Crippen LogP contribution >= 0.6 is 7.82 Å². The van der Waals surface area contributed by atoms with Crippen molar-refractivity contribution in [2.24, 2.45) is 0 Å². The molecule has 0 bridgehead atoms. The van der Waals surface area contributed by atoms with E-state index in [1.165, 1.54) is 29.2 Å². The van der Waals surface area contributed by atoms with E-state index in [1.54, 1.807) is 11.0 Å². The van der Waals surface area contributed by atoms with Crippen LogP contribution in [0.1, 0.15) is 16.7 Å². The van der Waals surface area contributed by atoms with Gasteiger partial charge in [-0.25, -0.2) is 4.79 Å². The smallest absolute Gasteiger partial charge is 0.780 e. The number of nitrogens with zero attached hydrogens (tertiary/aromatic N) is 3. The second-order valence-corrected chi connectivity index (χ2v) is 13.7. The number of carbonyl (C=O) groups excluding carboxylic acids is 3. The average molecular weight is 795 g/mol. The quantitative estimate of drug-likeness (QED) is 0.0514. The number of benzene rings is 3. The zero-order chi connectivity index (χ0) is 37.6. The Morgan fingerprint density at radius 3 is 2.35 bits per heavy atom. The summed E-state index contributed by atoms with van der Waals surface area (Å²) in [5.74, 6) is -0.304. The molecule has 3 N–H and O–H groups in total. The van der Waals surface area contributed by atoms with Crippen molar-refractivity contribution in [3.8, 4) is 11.5 Å². The Morgan fingerprint density at radius 1 is 0.945 bits per heavy atom. The number of urea groups is 1. The molecule has 0 spiro atoms. The van der Waals surface area contributed by atoms with Crippen molar-refractivity contribution < 1.29 is 102 Å². The zero-order valence-corrected chi connectivity index (χ0v) is 36.3. The van der Waals surface area contributed by atoms with Gasteiger partial charge in [0.25, 0.3) is 0 Å². The molecule has 3 aromatic carbocycles. The number of hydrogen-bond acceptors (Lipinski definition) is 11. The van der Waals surface area contributed by atoms with E-state index in [1.807, 2.05) is 54.6 Å². The van der Waals surface area contributed by atoms with Crippen LogP contribution in [0.5, 0.6) is 11.5 Å². The Balaban J connectivity index is 0.00000406. The van der Waals surface area contributed by atoms with Gasteiger partial charge in [0.05, 0.1) is 26.3 Å². The van der Waals surface area contributed by atoms with Crippen LogP contribution in [0.2, 0.25) is 0 Å². The normalized spacial score (nSPS) is 17.3. The maximum atomic E-state index is 14.4. The molecule has 0 aliphatic carbocycles. The third-order valence-electron chi connectivity index (χ3n) is 8.73. The van der Waals surface area contributed by atoms with Crippen LogP contribution in [-0.2, 0) is 38.4 Å². The van der Waals surface area contributed by atoms with Crippen molar-refractivity contribution in [1.29, 1.82) is 0 Å². The summed E-state index contributed by atoms with van der Waals surface area (Å²) in [5.41, 5.74) is 2.23. The Kier molecular flexibility index (Phi) is 19.9. The number of piperazine rings is 1. The second-order valence-electron chi connectivity index (χ2n) is 12.6. The molecule has 2 saturated heterocycles. The van der Waals surface area contributed by atoms with Crippen LogP contribution in [-0.4, -0.2) is 104 Å². The molecular formula is C37H45N6Na2O9P. The number of phosphoric acid groups is 1. The largest absolute Gasteiger partial charge is 1.00 e. The minimum atomic E-state index is -5.28. The van der Waals surface area contributed by atoms with Gasteiger partial charge in [-0.1, -0.05) is 60.7 Å². The van der Waals surface area contributed by atoms with Crippen molar-refractivity contribution in [3.05, 3.63) is 108 Å². The molecule has 5 rings (SSSR count). The molecule has 2 aliphatic heterocycles. The first-order valence-electron chi connectivity index (χ1n) is 17.4. The summed E-state index contributed by atoms with van der Waals surface area (Å²) in [6.07, 6.45) is 0.700. The molecule has 55 heavy (non-hydrogen) atoms. The molecular weight excluding hydrogens is 749 g/mol. The van der Waals surface area contributed by atoms with E-state index in [9.17, 15) is 28.7 Å². The summed E-state index contributed by atoms with van der Waals surface area (Å²) >= 11 is 0. The number of rotatable bonds is 17. The fourth-order valence-corrected chi connectivity index (χ4v) is 6.57. The summed E-state index contributed by atoms with van der Waals surface area (Å²) in [6, 6.07) is 20.9. The van der Waals surface area contributed by atoms with E-state index in [0.29, 0.717) is 37.7 Å². The molecule has 2 fully saturated rings. The summed E-state index contributed by atoms with van der Waals surface area (Å²) in [5, 5.41) is 8.75. The first-order valence-corrected chi connectivity index (χ1v) is 18.9. The first kappa shape index (κ1) is 46.6. The Morgan fingerprint density at radius 2 is 1.65 bits per heavy atom. The summed E-state index contributed by atoms with van der Waals surface area (Å²) < 4.78 is 27.1. The Labute approximate surface area is 365 Å². The first-order chi connectivity index (χ1) is 25.6. The predicted molar refractivity (Wildman–Crippen MR) is 192 cm³/mol. The summed E-state index contributed by atoms with van der Waals surface area (Å²) in [4.78, 5) is 69.1. The number of amides is 4. The van der Waals surface area contributed by atoms with Gasteiger partial charge in [0.2, 0.25) is 11.8 Å². The minimum absolute atomic E-state index is 0. The third-order valence-corrected chi connectivity index (χ3v) is 9.16. The molecule has 2 heterocycles. The van der Waals surface area contributed by atoms with E-state index >= 15 is 0 Å². The van der Waals surface area contributed by atoms with Crippen LogP contribution in [0.25, 0.3) is 0 Å². The van der Waals surface area contributed by atoms with Gasteiger partial charge in [-0.05, 0) is 41.0 Å².